The molecule has 0 radical (unpaired) electrons. The van der Waals surface area contributed by atoms with Gasteiger partial charge in [0.15, 0.2) is 5.78 Å². The Morgan fingerprint density at radius 1 is 1.53 bits per heavy atom. The van der Waals surface area contributed by atoms with Crippen LogP contribution in [0.5, 0.6) is 0 Å². The van der Waals surface area contributed by atoms with E-state index in [0.29, 0.717) is 11.4 Å². The molecule has 0 atom stereocenters. The van der Waals surface area contributed by atoms with Gasteiger partial charge in [-0.15, -0.1) is 0 Å². The van der Waals surface area contributed by atoms with Gasteiger partial charge in [0.05, 0.1) is 13.2 Å². The molecular formula is C11H14F2N2O2. The van der Waals surface area contributed by atoms with Crippen molar-refractivity contribution in [3.05, 3.63) is 23.9 Å². The van der Waals surface area contributed by atoms with Crippen molar-refractivity contribution in [1.29, 1.82) is 0 Å². The minimum Gasteiger partial charge on any atom is -0.395 e. The van der Waals surface area contributed by atoms with Gasteiger partial charge in [-0.2, -0.15) is 0 Å². The summed E-state index contributed by atoms with van der Waals surface area (Å²) in [5.41, 5.74) is 0.426. The van der Waals surface area contributed by atoms with Crippen LogP contribution in [0.3, 0.4) is 0 Å². The first-order chi connectivity index (χ1) is 8.04. The molecule has 0 amide bonds. The van der Waals surface area contributed by atoms with Crippen LogP contribution in [0, 0.1) is 0 Å². The monoisotopic (exact) mass is 244 g/mol. The zero-order chi connectivity index (χ0) is 12.8. The molecular weight excluding hydrogens is 230 g/mol. The van der Waals surface area contributed by atoms with E-state index in [-0.39, 0.29) is 18.9 Å². The molecule has 1 aromatic heterocycles. The van der Waals surface area contributed by atoms with E-state index >= 15 is 0 Å². The van der Waals surface area contributed by atoms with Crippen LogP contribution in [-0.2, 0) is 0 Å². The third-order valence-electron chi connectivity index (χ3n) is 2.21. The number of carbonyl (C=O) groups is 1. The number of aliphatic hydroxyl groups excluding tert-OH is 1. The zero-order valence-corrected chi connectivity index (χ0v) is 9.44. The fourth-order valence-electron chi connectivity index (χ4n) is 1.37. The molecule has 0 saturated heterocycles. The largest absolute Gasteiger partial charge is 0.395 e. The first-order valence-corrected chi connectivity index (χ1v) is 5.15. The van der Waals surface area contributed by atoms with E-state index < -0.39 is 13.0 Å². The van der Waals surface area contributed by atoms with Crippen molar-refractivity contribution in [2.24, 2.45) is 0 Å². The molecule has 1 heterocycles. The summed E-state index contributed by atoms with van der Waals surface area (Å²) in [6.45, 7) is 0.758. The van der Waals surface area contributed by atoms with Crippen molar-refractivity contribution in [1.82, 2.24) is 4.98 Å². The number of alkyl halides is 2. The second-order valence-corrected chi connectivity index (χ2v) is 3.52. The molecule has 0 saturated carbocycles. The number of aromatic nitrogens is 1. The summed E-state index contributed by atoms with van der Waals surface area (Å²) in [6, 6.07) is 3.02. The Balaban J connectivity index is 2.83. The van der Waals surface area contributed by atoms with E-state index in [1.165, 1.54) is 30.2 Å². The molecule has 1 aromatic rings. The molecule has 4 nitrogen and oxygen atoms in total. The number of pyridine rings is 1. The van der Waals surface area contributed by atoms with Crippen LogP contribution in [0.4, 0.5) is 14.6 Å². The Morgan fingerprint density at radius 3 is 2.65 bits per heavy atom. The van der Waals surface area contributed by atoms with Gasteiger partial charge in [-0.25, -0.2) is 13.8 Å². The number of hydrogen-bond acceptors (Lipinski definition) is 4. The highest BCUT2D eigenvalue weighted by Gasteiger charge is 2.13. The Morgan fingerprint density at radius 2 is 2.24 bits per heavy atom. The molecule has 0 unspecified atom stereocenters. The van der Waals surface area contributed by atoms with Crippen molar-refractivity contribution in [2.45, 2.75) is 13.3 Å². The minimum atomic E-state index is -2.50. The molecule has 94 valence electrons. The molecule has 1 rings (SSSR count). The highest BCUT2D eigenvalue weighted by molar-refractivity contribution is 5.93. The van der Waals surface area contributed by atoms with Gasteiger partial charge in [0.2, 0.25) is 0 Å². The van der Waals surface area contributed by atoms with E-state index in [1.54, 1.807) is 0 Å². The fraction of sp³-hybridized carbons (Fsp3) is 0.455. The Bertz CT molecular complexity index is 368. The number of aliphatic hydroxyl groups is 1. The summed E-state index contributed by atoms with van der Waals surface area (Å²) in [4.78, 5) is 16.2. The first-order valence-electron chi connectivity index (χ1n) is 5.15. The number of ketones is 1. The van der Waals surface area contributed by atoms with E-state index in [2.05, 4.69) is 4.98 Å². The van der Waals surface area contributed by atoms with E-state index in [9.17, 15) is 13.6 Å². The predicted octanol–water partition coefficient (Wildman–Crippen LogP) is 1.35. The van der Waals surface area contributed by atoms with Gasteiger partial charge in [-0.05, 0) is 19.1 Å². The molecule has 6 heteroatoms. The number of nitrogens with zero attached hydrogens (tertiary/aromatic N) is 2. The van der Waals surface area contributed by atoms with Crippen LogP contribution in [0.2, 0.25) is 0 Å². The fourth-order valence-corrected chi connectivity index (χ4v) is 1.37. The van der Waals surface area contributed by atoms with Crippen LogP contribution in [-0.4, -0.2) is 42.0 Å². The van der Waals surface area contributed by atoms with Crippen molar-refractivity contribution in [3.63, 3.8) is 0 Å². The number of halogens is 2. The number of rotatable bonds is 6. The smallest absolute Gasteiger partial charge is 0.255 e. The molecule has 17 heavy (non-hydrogen) atoms. The molecule has 1 N–H and O–H groups in total. The molecule has 0 bridgehead atoms. The van der Waals surface area contributed by atoms with Crippen LogP contribution in [0.1, 0.15) is 17.3 Å². The lowest BCUT2D eigenvalue weighted by Crippen LogP contribution is -2.32. The number of carbonyl (C=O) groups excluding carboxylic acids is 1. The van der Waals surface area contributed by atoms with Crippen LogP contribution < -0.4 is 4.90 Å². The summed E-state index contributed by atoms with van der Waals surface area (Å²) >= 11 is 0. The van der Waals surface area contributed by atoms with Gasteiger partial charge in [-0.3, -0.25) is 4.79 Å². The summed E-state index contributed by atoms with van der Waals surface area (Å²) in [7, 11) is 0. The maximum atomic E-state index is 12.3. The van der Waals surface area contributed by atoms with E-state index in [0.717, 1.165) is 0 Å². The van der Waals surface area contributed by atoms with Crippen LogP contribution in [0.25, 0.3) is 0 Å². The Hall–Kier alpha value is -1.56. The van der Waals surface area contributed by atoms with Crippen molar-refractivity contribution in [3.8, 4) is 0 Å². The van der Waals surface area contributed by atoms with Gasteiger partial charge in [0, 0.05) is 18.3 Å². The topological polar surface area (TPSA) is 53.4 Å². The maximum absolute atomic E-state index is 12.3. The molecule has 0 spiro atoms. The standard InChI is InChI=1S/C11H14F2N2O2/c1-8(17)9-2-3-11(14-6-9)15(4-5-16)7-10(12)13/h2-3,6,10,16H,4-5,7H2,1H3. The van der Waals surface area contributed by atoms with E-state index in [4.69, 9.17) is 5.11 Å². The third kappa shape index (κ3) is 4.07. The van der Waals surface area contributed by atoms with Gasteiger partial charge in [-0.1, -0.05) is 0 Å². The van der Waals surface area contributed by atoms with Crippen LogP contribution in [0.15, 0.2) is 18.3 Å². The summed E-state index contributed by atoms with van der Waals surface area (Å²) in [5, 5.41) is 8.79. The molecule has 0 fully saturated rings. The lowest BCUT2D eigenvalue weighted by Gasteiger charge is -2.22. The number of hydrogen-bond donors (Lipinski definition) is 1. The van der Waals surface area contributed by atoms with Crippen molar-refractivity contribution >= 4 is 11.6 Å². The molecule has 0 aliphatic carbocycles. The SMILES string of the molecule is CC(=O)c1ccc(N(CCO)CC(F)F)nc1. The summed E-state index contributed by atoms with van der Waals surface area (Å²) in [5.74, 6) is 0.191. The summed E-state index contributed by atoms with van der Waals surface area (Å²) in [6.07, 6.45) is -1.16. The Labute approximate surface area is 97.9 Å². The first kappa shape index (κ1) is 13.5. The van der Waals surface area contributed by atoms with Crippen molar-refractivity contribution < 1.29 is 18.7 Å². The average Bonchev–Trinajstić information content (AvgIpc) is 2.28. The third-order valence-corrected chi connectivity index (χ3v) is 2.21. The lowest BCUT2D eigenvalue weighted by molar-refractivity contribution is 0.101. The second kappa shape index (κ2) is 6.24. The average molecular weight is 244 g/mol. The number of anilines is 1. The molecule has 0 aliphatic rings. The maximum Gasteiger partial charge on any atom is 0.255 e. The minimum absolute atomic E-state index is 0.0801. The number of Topliss-reactive ketones (excluding diaryl/α,β-unsaturated/α-hetero) is 1. The van der Waals surface area contributed by atoms with E-state index in [1.807, 2.05) is 0 Å². The van der Waals surface area contributed by atoms with Gasteiger partial charge in [0.25, 0.3) is 6.43 Å². The summed E-state index contributed by atoms with van der Waals surface area (Å²) < 4.78 is 24.6. The molecule has 0 aliphatic heterocycles. The molecule has 0 aromatic carbocycles. The quantitative estimate of drug-likeness (QED) is 0.767. The van der Waals surface area contributed by atoms with Gasteiger partial charge in [0.1, 0.15) is 5.82 Å². The van der Waals surface area contributed by atoms with Crippen LogP contribution >= 0.6 is 0 Å². The Kier molecular flexibility index (Phi) is 4.96. The normalized spacial score (nSPS) is 10.6. The zero-order valence-electron chi connectivity index (χ0n) is 9.44. The second-order valence-electron chi connectivity index (χ2n) is 3.52. The lowest BCUT2D eigenvalue weighted by atomic mass is 10.2. The highest BCUT2D eigenvalue weighted by Crippen LogP contribution is 2.13. The van der Waals surface area contributed by atoms with Gasteiger partial charge >= 0.3 is 0 Å². The highest BCUT2D eigenvalue weighted by atomic mass is 19.3. The van der Waals surface area contributed by atoms with Gasteiger partial charge < -0.3 is 10.0 Å². The van der Waals surface area contributed by atoms with Crippen molar-refractivity contribution in [2.75, 3.05) is 24.6 Å². The predicted molar refractivity (Wildman–Crippen MR) is 59.5 cm³/mol.